The number of halogens is 3. The first-order valence-electron chi connectivity index (χ1n) is 32.3. The summed E-state index contributed by atoms with van der Waals surface area (Å²) in [5.74, 6) is -0.357. The second kappa shape index (κ2) is 34.7. The maximum Gasteiger partial charge on any atom is 0.256 e. The minimum absolute atomic E-state index is 0. The zero-order valence-electron chi connectivity index (χ0n) is 55.5. The summed E-state index contributed by atoms with van der Waals surface area (Å²) in [5, 5.41) is 33.9. The predicted octanol–water partition coefficient (Wildman–Crippen LogP) is 7.71. The Labute approximate surface area is 575 Å². The number of fused-ring (bicyclic) bond motifs is 4. The van der Waals surface area contributed by atoms with E-state index in [1.54, 1.807) is 88.0 Å². The fourth-order valence-electron chi connectivity index (χ4n) is 11.3. The van der Waals surface area contributed by atoms with Crippen LogP contribution in [0.15, 0.2) is 159 Å². The molecule has 4 aliphatic heterocycles. The number of aliphatic hydroxyl groups excluding tert-OH is 3. The number of anilines is 3. The highest BCUT2D eigenvalue weighted by molar-refractivity contribution is 7.49. The minimum atomic E-state index is -1.68. The van der Waals surface area contributed by atoms with Gasteiger partial charge in [-0.1, -0.05) is 92.4 Å². The van der Waals surface area contributed by atoms with Crippen LogP contribution < -0.4 is 21.0 Å². The van der Waals surface area contributed by atoms with Crippen molar-refractivity contribution in [3.63, 3.8) is 0 Å². The van der Waals surface area contributed by atoms with Crippen LogP contribution in [0.2, 0.25) is 0 Å². The van der Waals surface area contributed by atoms with Gasteiger partial charge in [0.05, 0.1) is 76.2 Å². The number of nitrogens with zero attached hydrogens (tertiary/aromatic N) is 12. The molecule has 14 unspecified atom stereocenters. The molecule has 33 heteroatoms. The minimum Gasteiger partial charge on any atom is -0.400 e. The number of aliphatic hydroxyl groups is 3. The van der Waals surface area contributed by atoms with Crippen molar-refractivity contribution in [1.29, 1.82) is 1.43 Å². The molecular weight excluding hydrogens is 1320 g/mol. The van der Waals surface area contributed by atoms with Crippen LogP contribution in [0.5, 0.6) is 0 Å². The molecule has 14 atom stereocenters. The first kappa shape index (κ1) is 70.6. The van der Waals surface area contributed by atoms with E-state index < -0.39 is 94.5 Å². The Hall–Kier alpha value is -9.28. The lowest BCUT2D eigenvalue weighted by atomic mass is 9.98. The largest absolute Gasteiger partial charge is 0.400 e. The molecule has 4 fully saturated rings. The molecule has 6 aromatic heterocycles. The van der Waals surface area contributed by atoms with Gasteiger partial charge in [0.1, 0.15) is 64.5 Å². The van der Waals surface area contributed by atoms with Gasteiger partial charge in [-0.05, 0) is 56.9 Å². The summed E-state index contributed by atoms with van der Waals surface area (Å²) in [6.45, 7) is 4.23. The molecule has 10 aromatic rings. The van der Waals surface area contributed by atoms with Gasteiger partial charge in [-0.25, -0.2) is 58.0 Å². The SMILES string of the molecule is C.O=C(Nc1ncnc2c1ncn2C1COC(CO)C(O)C1F)c1ccccc1.O=C(Nc1ncnc2c1ncn2C1COC2COC(c3ccccc3)OC2C1F)c1ccccc1.[2H]CC1OCC(n2cnc3c(NC(=O)c4ccccc4)ncnc32)C(F)C1OP(C)NCOCC.[3H]OC. The highest BCUT2D eigenvalue weighted by Gasteiger charge is 2.48. The smallest absolute Gasteiger partial charge is 0.256 e. The van der Waals surface area contributed by atoms with Crippen molar-refractivity contribution >= 4 is 77.0 Å². The van der Waals surface area contributed by atoms with Crippen LogP contribution in [-0.2, 0) is 32.9 Å². The molecule has 0 bridgehead atoms. The van der Waals surface area contributed by atoms with E-state index in [-0.39, 0.29) is 81.4 Å². The standard InChI is InChI=1S/C25H22FN5O4.C22H28FN6O4P.C18H18FN5O4.CH4O.CH4/c26-19-17(11-33-18-12-34-25(35-21(18)19)16-9-5-2-6-10-16)31-14-29-20-22(27-13-28-23(20)31)30-24(32)15-7-3-1-4-8-15;1-4-31-13-27-34(3)33-19-14(2)32-10-16(17(19)23)29-12-26-18-20(24-11-25-21(18)29)28-22(30)15-8-6-5-7-9-15;19-13-11(7-28-12(6-25)15(13)26)24-9-22-14-16(20-8-21-17(14)24)23-18(27)10-4-2-1-3-5-10;1-2;/h1-10,13-14,17-19,21,25H,11-12H2,(H,27,28,30,32);5-9,11-12,14,16-17,19,27H,4,10,13H2,1-3H3,(H,24,25,28,30);1-5,8-9,11-13,15,25-26H,6-7H2,(H,20,21,23,27);2H,1H3;1H4/i;2D;;2T;. The average molecular weight is 1400 g/mol. The Morgan fingerprint density at radius 3 is 1.50 bits per heavy atom. The van der Waals surface area contributed by atoms with E-state index in [1.807, 2.05) is 56.1 Å². The van der Waals surface area contributed by atoms with Crippen LogP contribution in [0, 0.1) is 0 Å². The van der Waals surface area contributed by atoms with Crippen molar-refractivity contribution in [2.75, 3.05) is 76.1 Å². The van der Waals surface area contributed by atoms with Crippen LogP contribution in [0.4, 0.5) is 30.6 Å². The van der Waals surface area contributed by atoms with Gasteiger partial charge in [0.15, 0.2) is 75.8 Å². The van der Waals surface area contributed by atoms with E-state index >= 15 is 8.78 Å². The van der Waals surface area contributed by atoms with Gasteiger partial charge in [-0.15, -0.1) is 0 Å². The number of hydrogen-bond acceptors (Lipinski definition) is 23. The van der Waals surface area contributed by atoms with Crippen LogP contribution >= 0.6 is 8.30 Å². The third-order valence-corrected chi connectivity index (χ3v) is 17.5. The lowest BCUT2D eigenvalue weighted by Gasteiger charge is -2.44. The van der Waals surface area contributed by atoms with Gasteiger partial charge in [-0.2, -0.15) is 0 Å². The number of amides is 3. The van der Waals surface area contributed by atoms with Gasteiger partial charge in [-0.3, -0.25) is 19.5 Å². The Morgan fingerprint density at radius 1 is 0.620 bits per heavy atom. The third kappa shape index (κ3) is 16.6. The normalized spacial score (nSPS) is 24.5. The van der Waals surface area contributed by atoms with Crippen LogP contribution in [0.3, 0.4) is 0 Å². The Bertz CT molecular complexity index is 4330. The maximum absolute atomic E-state index is 15.9. The average Bonchev–Trinajstić information content (AvgIpc) is 1.62. The number of nitrogens with one attached hydrogen (secondary N) is 4. The van der Waals surface area contributed by atoms with E-state index in [0.717, 1.165) is 5.56 Å². The second-order valence-corrected chi connectivity index (χ2v) is 24.0. The summed E-state index contributed by atoms with van der Waals surface area (Å²) >= 11 is 0. The first-order chi connectivity index (χ1) is 49.2. The van der Waals surface area contributed by atoms with Crippen molar-refractivity contribution in [3.05, 3.63) is 182 Å². The number of ether oxygens (including phenoxy) is 6. The first-order valence-corrected chi connectivity index (χ1v) is 32.9. The molecule has 4 aromatic carbocycles. The van der Waals surface area contributed by atoms with Crippen molar-refractivity contribution in [3.8, 4) is 0 Å². The molecule has 10 heterocycles. The zero-order valence-corrected chi connectivity index (χ0v) is 54.4. The fraction of sp³-hybridized carbons (Fsp3) is 0.373. The van der Waals surface area contributed by atoms with Gasteiger partial charge in [0.25, 0.3) is 17.7 Å². The fourth-order valence-corrected chi connectivity index (χ4v) is 12.2. The highest BCUT2D eigenvalue weighted by Crippen LogP contribution is 2.41. The van der Waals surface area contributed by atoms with Crippen LogP contribution in [-0.4, -0.2) is 208 Å². The number of alkyl halides is 3. The summed E-state index contributed by atoms with van der Waals surface area (Å²) in [4.78, 5) is 75.6. The molecule has 4 saturated heterocycles. The summed E-state index contributed by atoms with van der Waals surface area (Å²) in [6, 6.07) is 33.2. The zero-order chi connectivity index (χ0) is 70.9. The Balaban J connectivity index is 0.000000162. The lowest BCUT2D eigenvalue weighted by molar-refractivity contribution is -0.298. The molecule has 0 aliphatic carbocycles. The summed E-state index contributed by atoms with van der Waals surface area (Å²) in [5.41, 5.74) is 4.26. The molecule has 7 N–H and O–H groups in total. The van der Waals surface area contributed by atoms with E-state index in [2.05, 4.69) is 71.0 Å². The highest BCUT2D eigenvalue weighted by atomic mass is 31.2. The molecule has 0 spiro atoms. The molecule has 528 valence electrons. The number of imidazole rings is 3. The van der Waals surface area contributed by atoms with Gasteiger partial charge < -0.3 is 77.9 Å². The van der Waals surface area contributed by atoms with E-state index in [0.29, 0.717) is 58.0 Å². The van der Waals surface area contributed by atoms with Crippen LogP contribution in [0.25, 0.3) is 33.5 Å². The van der Waals surface area contributed by atoms with Crippen molar-refractivity contribution in [1.82, 2.24) is 63.6 Å². The summed E-state index contributed by atoms with van der Waals surface area (Å²) < 4.78 is 105. The quantitative estimate of drug-likeness (QED) is 0.0260. The van der Waals surface area contributed by atoms with Crippen LogP contribution in [0.1, 0.15) is 83.7 Å². The summed E-state index contributed by atoms with van der Waals surface area (Å²) in [6.07, 6.45) is -2.48. The number of rotatable bonds is 17. The third-order valence-electron chi connectivity index (χ3n) is 16.4. The predicted molar refractivity (Wildman–Crippen MR) is 361 cm³/mol. The Morgan fingerprint density at radius 2 is 1.05 bits per heavy atom. The molecule has 3 amide bonds. The number of benzene rings is 4. The summed E-state index contributed by atoms with van der Waals surface area (Å²) in [7, 11) is 0.0929. The second-order valence-electron chi connectivity index (χ2n) is 22.5. The number of carbonyl (C=O) groups is 3. The molecular formula is C67H76F3N16O13P. The monoisotopic (exact) mass is 1400 g/mol. The maximum atomic E-state index is 15.9. The molecule has 100 heavy (non-hydrogen) atoms. The van der Waals surface area contributed by atoms with E-state index in [4.69, 9.17) is 40.9 Å². The van der Waals surface area contributed by atoms with Gasteiger partial charge >= 0.3 is 0 Å². The molecule has 4 aliphatic rings. The van der Waals surface area contributed by atoms with E-state index in [1.165, 1.54) is 49.6 Å². The number of carbonyl (C=O) groups excluding carboxylic acids is 3. The van der Waals surface area contributed by atoms with Gasteiger partial charge in [0.2, 0.25) is 1.43 Å². The van der Waals surface area contributed by atoms with E-state index in [9.17, 15) is 23.9 Å². The molecule has 0 radical (unpaired) electrons. The van der Waals surface area contributed by atoms with Crippen molar-refractivity contribution in [2.45, 2.75) is 101 Å². The van der Waals surface area contributed by atoms with Gasteiger partial charge in [0, 0.05) is 37.3 Å². The molecule has 14 rings (SSSR count). The van der Waals surface area contributed by atoms with Crippen molar-refractivity contribution < 1.29 is 77.2 Å². The topological polar surface area (TPSA) is 355 Å². The number of aromatic nitrogens is 12. The van der Waals surface area contributed by atoms with Crippen molar-refractivity contribution in [2.24, 2.45) is 0 Å². The molecule has 29 nitrogen and oxygen atoms in total. The molecule has 0 saturated carbocycles. The number of hydrogen-bond donors (Lipinski definition) is 7. The Kier molecular flexibility index (Phi) is 24.5. The lowest BCUT2D eigenvalue weighted by Crippen LogP contribution is -2.54.